The molecule has 0 bridgehead atoms. The molecule has 6 heteroatoms. The fourth-order valence-corrected chi connectivity index (χ4v) is 2.09. The number of nitrogens with zero attached hydrogens (tertiary/aromatic N) is 1. The molecule has 5 nitrogen and oxygen atoms in total. The maximum atomic E-state index is 11.9. The second-order valence-corrected chi connectivity index (χ2v) is 4.86. The molecular weight excluding hydrogens is 326 g/mol. The molecule has 1 rings (SSSR count). The van der Waals surface area contributed by atoms with E-state index in [0.29, 0.717) is 24.7 Å². The second-order valence-electron chi connectivity index (χ2n) is 4.01. The van der Waals surface area contributed by atoms with Gasteiger partial charge in [-0.1, -0.05) is 15.9 Å². The normalized spacial score (nSPS) is 10.2. The van der Waals surface area contributed by atoms with Crippen LogP contribution in [0.2, 0.25) is 0 Å². The van der Waals surface area contributed by atoms with Gasteiger partial charge < -0.3 is 9.47 Å². The average Bonchev–Trinajstić information content (AvgIpc) is 2.43. The van der Waals surface area contributed by atoms with Crippen LogP contribution in [-0.4, -0.2) is 38.3 Å². The van der Waals surface area contributed by atoms with Crippen molar-refractivity contribution in [1.82, 2.24) is 5.06 Å². The van der Waals surface area contributed by atoms with Crippen LogP contribution in [0.15, 0.2) is 16.6 Å². The lowest BCUT2D eigenvalue weighted by atomic mass is 10.1. The quantitative estimate of drug-likeness (QED) is 0.713. The first-order valence-electron chi connectivity index (χ1n) is 6.42. The summed E-state index contributed by atoms with van der Waals surface area (Å²) in [6, 6.07) is 3.64. The molecule has 0 saturated carbocycles. The first-order chi connectivity index (χ1) is 9.53. The highest BCUT2D eigenvalue weighted by Crippen LogP contribution is 2.34. The molecule has 1 aromatic carbocycles. The number of hydrogen-bond donors (Lipinski definition) is 0. The molecule has 0 N–H and O–H groups in total. The van der Waals surface area contributed by atoms with Crippen LogP contribution in [0, 0.1) is 0 Å². The van der Waals surface area contributed by atoms with Gasteiger partial charge in [0.2, 0.25) is 5.91 Å². The highest BCUT2D eigenvalue weighted by atomic mass is 79.9. The number of hydroxylamine groups is 2. The Morgan fingerprint density at radius 3 is 2.25 bits per heavy atom. The van der Waals surface area contributed by atoms with E-state index >= 15 is 0 Å². The van der Waals surface area contributed by atoms with Crippen molar-refractivity contribution in [2.45, 2.75) is 20.3 Å². The number of carbonyl (C=O) groups excluding carboxylic acids is 1. The molecule has 0 radical (unpaired) electrons. The summed E-state index contributed by atoms with van der Waals surface area (Å²) >= 11 is 3.45. The van der Waals surface area contributed by atoms with Crippen molar-refractivity contribution in [3.05, 3.63) is 22.2 Å². The molecular formula is C14H20BrNO4. The molecule has 1 amide bonds. The summed E-state index contributed by atoms with van der Waals surface area (Å²) in [5.41, 5.74) is 0.825. The Labute approximate surface area is 127 Å². The van der Waals surface area contributed by atoms with E-state index in [2.05, 4.69) is 15.9 Å². The first-order valence-corrected chi connectivity index (χ1v) is 7.21. The Morgan fingerprint density at radius 1 is 1.20 bits per heavy atom. The van der Waals surface area contributed by atoms with Gasteiger partial charge in [0, 0.05) is 11.5 Å². The number of carbonyl (C=O) groups is 1. The van der Waals surface area contributed by atoms with Crippen LogP contribution in [0.4, 0.5) is 0 Å². The fourth-order valence-electron chi connectivity index (χ4n) is 1.63. The van der Waals surface area contributed by atoms with Crippen molar-refractivity contribution in [3.63, 3.8) is 0 Å². The molecule has 0 aliphatic rings. The summed E-state index contributed by atoms with van der Waals surface area (Å²) in [6.45, 7) is 4.90. The van der Waals surface area contributed by atoms with Crippen molar-refractivity contribution < 1.29 is 19.1 Å². The maximum Gasteiger partial charge on any atom is 0.250 e. The maximum absolute atomic E-state index is 11.9. The Bertz CT molecular complexity index is 465. The molecule has 0 aromatic heterocycles. The van der Waals surface area contributed by atoms with E-state index in [-0.39, 0.29) is 12.3 Å². The van der Waals surface area contributed by atoms with Gasteiger partial charge in [0.1, 0.15) is 0 Å². The van der Waals surface area contributed by atoms with Crippen LogP contribution in [0.1, 0.15) is 19.4 Å². The van der Waals surface area contributed by atoms with Gasteiger partial charge in [-0.15, -0.1) is 0 Å². The molecule has 0 fully saturated rings. The van der Waals surface area contributed by atoms with Gasteiger partial charge in [-0.05, 0) is 31.5 Å². The Balaban J connectivity index is 3.02. The van der Waals surface area contributed by atoms with E-state index in [1.165, 1.54) is 12.2 Å². The van der Waals surface area contributed by atoms with Crippen LogP contribution in [0.5, 0.6) is 11.5 Å². The number of halogens is 1. The summed E-state index contributed by atoms with van der Waals surface area (Å²) in [7, 11) is 3.03. The van der Waals surface area contributed by atoms with Crippen molar-refractivity contribution in [1.29, 1.82) is 0 Å². The minimum Gasteiger partial charge on any atom is -0.490 e. The molecule has 0 unspecified atom stereocenters. The summed E-state index contributed by atoms with van der Waals surface area (Å²) in [4.78, 5) is 16.8. The van der Waals surface area contributed by atoms with E-state index in [9.17, 15) is 4.79 Å². The van der Waals surface area contributed by atoms with Crippen LogP contribution < -0.4 is 9.47 Å². The number of ether oxygens (including phenoxy) is 2. The van der Waals surface area contributed by atoms with Gasteiger partial charge in [-0.3, -0.25) is 9.63 Å². The van der Waals surface area contributed by atoms with Crippen LogP contribution in [0.25, 0.3) is 0 Å². The lowest BCUT2D eigenvalue weighted by Crippen LogP contribution is -2.27. The Morgan fingerprint density at radius 2 is 1.75 bits per heavy atom. The summed E-state index contributed by atoms with van der Waals surface area (Å²) in [5, 5.41) is 1.20. The molecule has 112 valence electrons. The number of benzene rings is 1. The number of rotatable bonds is 7. The Hall–Kier alpha value is -1.27. The molecule has 1 aromatic rings. The zero-order valence-electron chi connectivity index (χ0n) is 12.2. The van der Waals surface area contributed by atoms with Crippen LogP contribution in [-0.2, 0) is 16.1 Å². The topological polar surface area (TPSA) is 48.0 Å². The van der Waals surface area contributed by atoms with E-state index in [1.54, 1.807) is 7.05 Å². The molecule has 0 saturated heterocycles. The third kappa shape index (κ3) is 4.38. The average molecular weight is 346 g/mol. The molecule has 20 heavy (non-hydrogen) atoms. The van der Waals surface area contributed by atoms with Gasteiger partial charge in [0.05, 0.1) is 26.7 Å². The van der Waals surface area contributed by atoms with Gasteiger partial charge in [-0.25, -0.2) is 5.06 Å². The first kappa shape index (κ1) is 16.8. The number of amides is 1. The third-order valence-corrected chi connectivity index (χ3v) is 3.42. The monoisotopic (exact) mass is 345 g/mol. The molecule has 0 aliphatic carbocycles. The van der Waals surface area contributed by atoms with E-state index in [0.717, 1.165) is 10.0 Å². The third-order valence-electron chi connectivity index (χ3n) is 2.68. The minimum atomic E-state index is -0.139. The summed E-state index contributed by atoms with van der Waals surface area (Å²) in [6.07, 6.45) is 0.220. The van der Waals surface area contributed by atoms with Gasteiger partial charge in [0.25, 0.3) is 0 Å². The molecule has 0 aliphatic heterocycles. The SMILES string of the molecule is CCOc1cc(Br)c(CC(=O)N(C)OC)cc1OCC. The zero-order chi connectivity index (χ0) is 15.1. The number of hydrogen-bond acceptors (Lipinski definition) is 4. The standard InChI is InChI=1S/C14H20BrNO4/c1-5-19-12-7-10(8-14(17)16(3)18-4)11(15)9-13(12)20-6-2/h7,9H,5-6,8H2,1-4H3. The predicted octanol–water partition coefficient (Wildman–Crippen LogP) is 2.81. The Kier molecular flexibility index (Phi) is 6.81. The van der Waals surface area contributed by atoms with Crippen LogP contribution in [0.3, 0.4) is 0 Å². The van der Waals surface area contributed by atoms with Crippen molar-refractivity contribution >= 4 is 21.8 Å². The summed E-state index contributed by atoms with van der Waals surface area (Å²) < 4.78 is 11.9. The van der Waals surface area contributed by atoms with Gasteiger partial charge in [-0.2, -0.15) is 0 Å². The predicted molar refractivity (Wildman–Crippen MR) is 80.0 cm³/mol. The molecule has 0 atom stereocenters. The largest absolute Gasteiger partial charge is 0.490 e. The van der Waals surface area contributed by atoms with E-state index in [4.69, 9.17) is 14.3 Å². The molecule has 0 spiro atoms. The minimum absolute atomic E-state index is 0.139. The number of likely N-dealkylation sites (N-methyl/N-ethyl adjacent to an activating group) is 1. The highest BCUT2D eigenvalue weighted by molar-refractivity contribution is 9.10. The van der Waals surface area contributed by atoms with Crippen molar-refractivity contribution in [2.75, 3.05) is 27.4 Å². The van der Waals surface area contributed by atoms with Gasteiger partial charge >= 0.3 is 0 Å². The van der Waals surface area contributed by atoms with Crippen LogP contribution >= 0.6 is 15.9 Å². The van der Waals surface area contributed by atoms with Crippen molar-refractivity contribution in [3.8, 4) is 11.5 Å². The fraction of sp³-hybridized carbons (Fsp3) is 0.500. The lowest BCUT2D eigenvalue weighted by Gasteiger charge is -2.16. The highest BCUT2D eigenvalue weighted by Gasteiger charge is 2.15. The summed E-state index contributed by atoms with van der Waals surface area (Å²) in [5.74, 6) is 1.16. The zero-order valence-corrected chi connectivity index (χ0v) is 13.8. The lowest BCUT2D eigenvalue weighted by molar-refractivity contribution is -0.167. The van der Waals surface area contributed by atoms with Gasteiger partial charge in [0.15, 0.2) is 11.5 Å². The van der Waals surface area contributed by atoms with E-state index in [1.807, 2.05) is 26.0 Å². The van der Waals surface area contributed by atoms with E-state index < -0.39 is 0 Å². The van der Waals surface area contributed by atoms with Crippen molar-refractivity contribution in [2.24, 2.45) is 0 Å². The second kappa shape index (κ2) is 8.11. The molecule has 0 heterocycles. The smallest absolute Gasteiger partial charge is 0.250 e.